The van der Waals surface area contributed by atoms with Crippen LogP contribution in [0.3, 0.4) is 0 Å². The first-order valence-electron chi connectivity index (χ1n) is 7.86. The van der Waals surface area contributed by atoms with E-state index in [9.17, 15) is 13.2 Å². The van der Waals surface area contributed by atoms with Gasteiger partial charge >= 0.3 is 0 Å². The Morgan fingerprint density at radius 3 is 2.52 bits per heavy atom. The molecule has 0 spiro atoms. The van der Waals surface area contributed by atoms with Crippen LogP contribution in [0.15, 0.2) is 48.5 Å². The Hall–Kier alpha value is -1.56. The fourth-order valence-electron chi connectivity index (χ4n) is 3.01. The summed E-state index contributed by atoms with van der Waals surface area (Å²) in [6, 6.07) is 13.6. The van der Waals surface area contributed by atoms with Crippen molar-refractivity contribution in [3.05, 3.63) is 69.7 Å². The van der Waals surface area contributed by atoms with Crippen molar-refractivity contribution in [2.75, 3.05) is 11.5 Å². The van der Waals surface area contributed by atoms with Gasteiger partial charge in [0.05, 0.1) is 22.1 Å². The molecule has 2 aromatic rings. The summed E-state index contributed by atoms with van der Waals surface area (Å²) >= 11 is 12.2. The molecule has 1 aliphatic rings. The predicted octanol–water partition coefficient (Wildman–Crippen LogP) is 3.82. The summed E-state index contributed by atoms with van der Waals surface area (Å²) in [6.45, 7) is 0.283. The molecule has 0 unspecified atom stereocenters. The summed E-state index contributed by atoms with van der Waals surface area (Å²) in [5, 5.41) is 0.922. The van der Waals surface area contributed by atoms with E-state index in [0.717, 1.165) is 5.56 Å². The molecule has 0 bridgehead atoms. The van der Waals surface area contributed by atoms with Crippen molar-refractivity contribution < 1.29 is 13.2 Å². The lowest BCUT2D eigenvalue weighted by atomic mass is 10.1. The number of rotatable bonds is 4. The Morgan fingerprint density at radius 2 is 1.88 bits per heavy atom. The SMILES string of the molecule is O=C(c1ccccc1Cl)N(Cc1cccc(Cl)c1)[C@@H]1CCS(=O)(=O)C1. The molecule has 132 valence electrons. The number of sulfone groups is 1. The number of halogens is 2. The molecular formula is C18H17Cl2NO3S. The molecule has 1 heterocycles. The summed E-state index contributed by atoms with van der Waals surface area (Å²) < 4.78 is 23.8. The first-order chi connectivity index (χ1) is 11.9. The van der Waals surface area contributed by atoms with E-state index in [1.807, 2.05) is 6.07 Å². The lowest BCUT2D eigenvalue weighted by Crippen LogP contribution is -2.40. The van der Waals surface area contributed by atoms with Gasteiger partial charge in [-0.25, -0.2) is 8.42 Å². The van der Waals surface area contributed by atoms with Gasteiger partial charge in [-0.3, -0.25) is 4.79 Å². The lowest BCUT2D eigenvalue weighted by molar-refractivity contribution is 0.0681. The van der Waals surface area contributed by atoms with Gasteiger partial charge in [0.25, 0.3) is 5.91 Å². The van der Waals surface area contributed by atoms with Crippen molar-refractivity contribution in [3.63, 3.8) is 0 Å². The number of amides is 1. The number of hydrogen-bond donors (Lipinski definition) is 0. The van der Waals surface area contributed by atoms with Gasteiger partial charge in [0.2, 0.25) is 0 Å². The molecule has 1 fully saturated rings. The highest BCUT2D eigenvalue weighted by molar-refractivity contribution is 7.91. The summed E-state index contributed by atoms with van der Waals surface area (Å²) in [5.41, 5.74) is 1.22. The second kappa shape index (κ2) is 7.36. The second-order valence-electron chi connectivity index (χ2n) is 6.10. The molecule has 0 saturated carbocycles. The predicted molar refractivity (Wildman–Crippen MR) is 99.8 cm³/mol. The maximum atomic E-state index is 13.1. The van der Waals surface area contributed by atoms with E-state index < -0.39 is 9.84 Å². The highest BCUT2D eigenvalue weighted by atomic mass is 35.5. The molecule has 1 saturated heterocycles. The van der Waals surface area contributed by atoms with Crippen LogP contribution in [-0.2, 0) is 16.4 Å². The zero-order chi connectivity index (χ0) is 18.0. The van der Waals surface area contributed by atoms with E-state index in [1.165, 1.54) is 0 Å². The van der Waals surface area contributed by atoms with Crippen LogP contribution in [0.4, 0.5) is 0 Å². The van der Waals surface area contributed by atoms with E-state index >= 15 is 0 Å². The van der Waals surface area contributed by atoms with E-state index in [0.29, 0.717) is 22.0 Å². The van der Waals surface area contributed by atoms with Crippen LogP contribution in [0.5, 0.6) is 0 Å². The number of carbonyl (C=O) groups is 1. The van der Waals surface area contributed by atoms with Crippen molar-refractivity contribution in [3.8, 4) is 0 Å². The average Bonchev–Trinajstić information content (AvgIpc) is 2.92. The highest BCUT2D eigenvalue weighted by Crippen LogP contribution is 2.25. The van der Waals surface area contributed by atoms with Crippen LogP contribution >= 0.6 is 23.2 Å². The first-order valence-corrected chi connectivity index (χ1v) is 10.4. The highest BCUT2D eigenvalue weighted by Gasteiger charge is 2.35. The van der Waals surface area contributed by atoms with Crippen molar-refractivity contribution in [2.24, 2.45) is 0 Å². The molecule has 1 amide bonds. The minimum absolute atomic E-state index is 0.0240. The fourth-order valence-corrected chi connectivity index (χ4v) is 5.17. The molecule has 0 aliphatic carbocycles. The molecular weight excluding hydrogens is 381 g/mol. The molecule has 1 aliphatic heterocycles. The third-order valence-corrected chi connectivity index (χ3v) is 6.57. The quantitative estimate of drug-likeness (QED) is 0.787. The molecule has 0 N–H and O–H groups in total. The Labute approximate surface area is 157 Å². The van der Waals surface area contributed by atoms with Gasteiger partial charge in [-0.1, -0.05) is 47.5 Å². The third-order valence-electron chi connectivity index (χ3n) is 4.26. The van der Waals surface area contributed by atoms with Crippen LogP contribution in [0.25, 0.3) is 0 Å². The summed E-state index contributed by atoms with van der Waals surface area (Å²) in [6.07, 6.45) is 0.430. The number of benzene rings is 2. The van der Waals surface area contributed by atoms with Gasteiger partial charge < -0.3 is 4.90 Å². The van der Waals surface area contributed by atoms with Crippen molar-refractivity contribution in [1.82, 2.24) is 4.90 Å². The Morgan fingerprint density at radius 1 is 1.12 bits per heavy atom. The van der Waals surface area contributed by atoms with E-state index in [-0.39, 0.29) is 30.0 Å². The smallest absolute Gasteiger partial charge is 0.255 e. The van der Waals surface area contributed by atoms with Crippen LogP contribution in [0, 0.1) is 0 Å². The minimum atomic E-state index is -3.12. The lowest BCUT2D eigenvalue weighted by Gasteiger charge is -2.29. The van der Waals surface area contributed by atoms with Gasteiger partial charge in [-0.2, -0.15) is 0 Å². The maximum Gasteiger partial charge on any atom is 0.255 e. The molecule has 25 heavy (non-hydrogen) atoms. The normalized spacial score (nSPS) is 18.9. The molecule has 3 rings (SSSR count). The molecule has 7 heteroatoms. The van der Waals surface area contributed by atoms with Gasteiger partial charge in [-0.15, -0.1) is 0 Å². The largest absolute Gasteiger partial charge is 0.330 e. The third kappa shape index (κ3) is 4.35. The Balaban J connectivity index is 1.94. The minimum Gasteiger partial charge on any atom is -0.330 e. The second-order valence-corrected chi connectivity index (χ2v) is 9.17. The van der Waals surface area contributed by atoms with Crippen molar-refractivity contribution >= 4 is 38.9 Å². The number of hydrogen-bond acceptors (Lipinski definition) is 3. The van der Waals surface area contributed by atoms with Gasteiger partial charge in [0.15, 0.2) is 9.84 Å². The summed E-state index contributed by atoms with van der Waals surface area (Å²) in [4.78, 5) is 14.7. The number of nitrogens with zero attached hydrogens (tertiary/aromatic N) is 1. The maximum absolute atomic E-state index is 13.1. The molecule has 1 atom stereocenters. The monoisotopic (exact) mass is 397 g/mol. The van der Waals surface area contributed by atoms with E-state index in [4.69, 9.17) is 23.2 Å². The standard InChI is InChI=1S/C18H17Cl2NO3S/c19-14-5-3-4-13(10-14)11-21(15-8-9-25(23,24)12-15)18(22)16-6-1-2-7-17(16)20/h1-7,10,15H,8-9,11-12H2/t15-/m1/s1. The summed E-state index contributed by atoms with van der Waals surface area (Å²) in [5.74, 6) is -0.198. The summed E-state index contributed by atoms with van der Waals surface area (Å²) in [7, 11) is -3.12. The number of carbonyl (C=O) groups excluding carboxylic acids is 1. The molecule has 2 aromatic carbocycles. The van der Waals surface area contributed by atoms with Gasteiger partial charge in [-0.05, 0) is 36.2 Å². The molecule has 0 aromatic heterocycles. The first kappa shape index (κ1) is 18.2. The van der Waals surface area contributed by atoms with Gasteiger partial charge in [0.1, 0.15) is 0 Å². The van der Waals surface area contributed by atoms with Crippen LogP contribution < -0.4 is 0 Å². The molecule has 0 radical (unpaired) electrons. The fraction of sp³-hybridized carbons (Fsp3) is 0.278. The Bertz CT molecular complexity index is 899. The Kier molecular flexibility index (Phi) is 5.37. The topological polar surface area (TPSA) is 54.5 Å². The van der Waals surface area contributed by atoms with Crippen LogP contribution in [0.1, 0.15) is 22.3 Å². The van der Waals surface area contributed by atoms with E-state index in [2.05, 4.69) is 0 Å². The molecule has 4 nitrogen and oxygen atoms in total. The zero-order valence-corrected chi connectivity index (χ0v) is 15.7. The zero-order valence-electron chi connectivity index (χ0n) is 13.4. The van der Waals surface area contributed by atoms with Crippen molar-refractivity contribution in [1.29, 1.82) is 0 Å². The van der Waals surface area contributed by atoms with Crippen molar-refractivity contribution in [2.45, 2.75) is 19.0 Å². The average molecular weight is 398 g/mol. The van der Waals surface area contributed by atoms with Gasteiger partial charge in [0, 0.05) is 17.6 Å². The van der Waals surface area contributed by atoms with Crippen LogP contribution in [-0.4, -0.2) is 36.8 Å². The van der Waals surface area contributed by atoms with Crippen LogP contribution in [0.2, 0.25) is 10.0 Å². The van der Waals surface area contributed by atoms with E-state index in [1.54, 1.807) is 47.4 Å².